The van der Waals surface area contributed by atoms with Crippen molar-refractivity contribution in [3.8, 4) is 0 Å². The molecule has 1 aromatic rings. The van der Waals surface area contributed by atoms with Crippen molar-refractivity contribution in [2.75, 3.05) is 13.2 Å². The van der Waals surface area contributed by atoms with Crippen LogP contribution in [0.1, 0.15) is 5.56 Å². The molecule has 1 heterocycles. The number of hydrogen-bond donors (Lipinski definition) is 0. The van der Waals surface area contributed by atoms with Gasteiger partial charge in [0.15, 0.2) is 0 Å². The van der Waals surface area contributed by atoms with E-state index in [0.717, 1.165) is 10.0 Å². The molecular formula is C10H9BrClNO2. The van der Waals surface area contributed by atoms with Crippen molar-refractivity contribution in [2.45, 2.75) is 6.54 Å². The Morgan fingerprint density at radius 1 is 1.53 bits per heavy atom. The Labute approximate surface area is 101 Å². The summed E-state index contributed by atoms with van der Waals surface area (Å²) in [6.45, 7) is 1.60. The molecule has 80 valence electrons. The SMILES string of the molecule is O=C1OCCN1Cc1ccc(Br)cc1Cl. The van der Waals surface area contributed by atoms with Gasteiger partial charge >= 0.3 is 6.09 Å². The van der Waals surface area contributed by atoms with Gasteiger partial charge in [-0.1, -0.05) is 33.6 Å². The molecule has 0 saturated carbocycles. The van der Waals surface area contributed by atoms with Crippen LogP contribution in [0.15, 0.2) is 22.7 Å². The van der Waals surface area contributed by atoms with Gasteiger partial charge in [-0.2, -0.15) is 0 Å². The van der Waals surface area contributed by atoms with Crippen LogP contribution < -0.4 is 0 Å². The first-order chi connectivity index (χ1) is 7.16. The van der Waals surface area contributed by atoms with Crippen LogP contribution in [0.5, 0.6) is 0 Å². The molecule has 0 atom stereocenters. The maximum Gasteiger partial charge on any atom is 0.410 e. The summed E-state index contributed by atoms with van der Waals surface area (Å²) in [4.78, 5) is 12.8. The first kappa shape index (κ1) is 10.8. The van der Waals surface area contributed by atoms with Crippen LogP contribution in [0.4, 0.5) is 4.79 Å². The molecule has 5 heteroatoms. The topological polar surface area (TPSA) is 29.5 Å². The Hall–Kier alpha value is -0.740. The van der Waals surface area contributed by atoms with Crippen LogP contribution in [-0.4, -0.2) is 24.1 Å². The summed E-state index contributed by atoms with van der Waals surface area (Å²) in [7, 11) is 0. The molecule has 1 fully saturated rings. The summed E-state index contributed by atoms with van der Waals surface area (Å²) in [5.74, 6) is 0. The number of hydrogen-bond acceptors (Lipinski definition) is 2. The van der Waals surface area contributed by atoms with Crippen molar-refractivity contribution < 1.29 is 9.53 Å². The summed E-state index contributed by atoms with van der Waals surface area (Å²) in [5, 5.41) is 0.657. The number of cyclic esters (lactones) is 1. The largest absolute Gasteiger partial charge is 0.448 e. The van der Waals surface area contributed by atoms with Gasteiger partial charge in [0, 0.05) is 9.50 Å². The minimum Gasteiger partial charge on any atom is -0.448 e. The standard InChI is InChI=1S/C10H9BrClNO2/c11-8-2-1-7(9(12)5-8)6-13-3-4-15-10(13)14/h1-2,5H,3-4,6H2. The van der Waals surface area contributed by atoms with E-state index in [-0.39, 0.29) is 6.09 Å². The van der Waals surface area contributed by atoms with Crippen LogP contribution in [0.25, 0.3) is 0 Å². The minimum absolute atomic E-state index is 0.269. The number of nitrogens with zero attached hydrogens (tertiary/aromatic N) is 1. The Bertz CT molecular complexity index is 397. The monoisotopic (exact) mass is 289 g/mol. The number of amides is 1. The molecule has 0 aromatic heterocycles. The highest BCUT2D eigenvalue weighted by Gasteiger charge is 2.22. The fourth-order valence-corrected chi connectivity index (χ4v) is 2.16. The Balaban J connectivity index is 2.13. The van der Waals surface area contributed by atoms with E-state index in [0.29, 0.717) is 24.7 Å². The Kier molecular flexibility index (Phi) is 3.17. The predicted molar refractivity (Wildman–Crippen MR) is 60.9 cm³/mol. The number of carbonyl (C=O) groups is 1. The normalized spacial score (nSPS) is 15.6. The molecule has 1 aliphatic heterocycles. The molecule has 0 N–H and O–H groups in total. The lowest BCUT2D eigenvalue weighted by Crippen LogP contribution is -2.23. The molecule has 0 spiro atoms. The number of halogens is 2. The van der Waals surface area contributed by atoms with E-state index < -0.39 is 0 Å². The summed E-state index contributed by atoms with van der Waals surface area (Å²) in [5.41, 5.74) is 0.929. The lowest BCUT2D eigenvalue weighted by Gasteiger charge is -2.13. The molecule has 0 radical (unpaired) electrons. The van der Waals surface area contributed by atoms with Crippen molar-refractivity contribution in [2.24, 2.45) is 0 Å². The highest BCUT2D eigenvalue weighted by Crippen LogP contribution is 2.23. The number of benzene rings is 1. The van der Waals surface area contributed by atoms with Crippen molar-refractivity contribution in [3.63, 3.8) is 0 Å². The van der Waals surface area contributed by atoms with Gasteiger partial charge in [-0.25, -0.2) is 4.79 Å². The third-order valence-electron chi connectivity index (χ3n) is 2.22. The fourth-order valence-electron chi connectivity index (χ4n) is 1.42. The Morgan fingerprint density at radius 3 is 2.93 bits per heavy atom. The van der Waals surface area contributed by atoms with E-state index in [1.54, 1.807) is 4.90 Å². The van der Waals surface area contributed by atoms with Crippen LogP contribution in [0.3, 0.4) is 0 Å². The van der Waals surface area contributed by atoms with Crippen LogP contribution >= 0.6 is 27.5 Å². The smallest absolute Gasteiger partial charge is 0.410 e. The fraction of sp³-hybridized carbons (Fsp3) is 0.300. The zero-order valence-corrected chi connectivity index (χ0v) is 10.2. The molecule has 1 saturated heterocycles. The van der Waals surface area contributed by atoms with Gasteiger partial charge in [-0.15, -0.1) is 0 Å². The average molecular weight is 291 g/mol. The van der Waals surface area contributed by atoms with Crippen LogP contribution in [0.2, 0.25) is 5.02 Å². The zero-order valence-electron chi connectivity index (χ0n) is 7.87. The van der Waals surface area contributed by atoms with Gasteiger partial charge in [0.05, 0.1) is 13.1 Å². The molecule has 3 nitrogen and oxygen atoms in total. The quantitative estimate of drug-likeness (QED) is 0.838. The van der Waals surface area contributed by atoms with Crippen molar-refractivity contribution in [1.29, 1.82) is 0 Å². The molecule has 0 unspecified atom stereocenters. The van der Waals surface area contributed by atoms with E-state index in [9.17, 15) is 4.79 Å². The number of rotatable bonds is 2. The highest BCUT2D eigenvalue weighted by molar-refractivity contribution is 9.10. The van der Waals surface area contributed by atoms with Crippen molar-refractivity contribution >= 4 is 33.6 Å². The summed E-state index contributed by atoms with van der Waals surface area (Å²) in [6, 6.07) is 5.62. The maximum absolute atomic E-state index is 11.2. The second-order valence-electron chi connectivity index (χ2n) is 3.27. The minimum atomic E-state index is -0.269. The van der Waals surface area contributed by atoms with E-state index >= 15 is 0 Å². The molecule has 1 aromatic carbocycles. The number of ether oxygens (including phenoxy) is 1. The van der Waals surface area contributed by atoms with Gasteiger partial charge < -0.3 is 9.64 Å². The maximum atomic E-state index is 11.2. The first-order valence-electron chi connectivity index (χ1n) is 4.52. The summed E-state index contributed by atoms with van der Waals surface area (Å²) < 4.78 is 5.77. The summed E-state index contributed by atoms with van der Waals surface area (Å²) >= 11 is 9.38. The second kappa shape index (κ2) is 4.41. The number of carbonyl (C=O) groups excluding carboxylic acids is 1. The zero-order chi connectivity index (χ0) is 10.8. The highest BCUT2D eigenvalue weighted by atomic mass is 79.9. The van der Waals surface area contributed by atoms with Gasteiger partial charge in [0.1, 0.15) is 6.61 Å². The second-order valence-corrected chi connectivity index (χ2v) is 4.59. The molecule has 0 aliphatic carbocycles. The predicted octanol–water partition coefficient (Wildman–Crippen LogP) is 3.05. The molecular weight excluding hydrogens is 281 g/mol. The molecule has 1 amide bonds. The third kappa shape index (κ3) is 2.44. The lowest BCUT2D eigenvalue weighted by atomic mass is 10.2. The molecule has 15 heavy (non-hydrogen) atoms. The first-order valence-corrected chi connectivity index (χ1v) is 5.69. The summed E-state index contributed by atoms with van der Waals surface area (Å²) in [6.07, 6.45) is -0.269. The van der Waals surface area contributed by atoms with E-state index in [4.69, 9.17) is 16.3 Å². The van der Waals surface area contributed by atoms with Gasteiger partial charge in [-0.05, 0) is 17.7 Å². The molecule has 1 aliphatic rings. The third-order valence-corrected chi connectivity index (χ3v) is 3.07. The average Bonchev–Trinajstić information content (AvgIpc) is 2.57. The van der Waals surface area contributed by atoms with Crippen LogP contribution in [-0.2, 0) is 11.3 Å². The van der Waals surface area contributed by atoms with Gasteiger partial charge in [-0.3, -0.25) is 0 Å². The van der Waals surface area contributed by atoms with Crippen molar-refractivity contribution in [1.82, 2.24) is 4.90 Å². The van der Waals surface area contributed by atoms with E-state index in [1.807, 2.05) is 18.2 Å². The van der Waals surface area contributed by atoms with Crippen LogP contribution in [0, 0.1) is 0 Å². The Morgan fingerprint density at radius 2 is 2.33 bits per heavy atom. The molecule has 2 rings (SSSR count). The van der Waals surface area contributed by atoms with Gasteiger partial charge in [0.2, 0.25) is 0 Å². The van der Waals surface area contributed by atoms with Crippen molar-refractivity contribution in [3.05, 3.63) is 33.3 Å². The van der Waals surface area contributed by atoms with E-state index in [1.165, 1.54) is 0 Å². The lowest BCUT2D eigenvalue weighted by molar-refractivity contribution is 0.157. The van der Waals surface area contributed by atoms with Gasteiger partial charge in [0.25, 0.3) is 0 Å². The van der Waals surface area contributed by atoms with E-state index in [2.05, 4.69) is 15.9 Å². The molecule has 0 bridgehead atoms.